The summed E-state index contributed by atoms with van der Waals surface area (Å²) in [7, 11) is 0. The topological polar surface area (TPSA) is 76.5 Å². The Labute approximate surface area is 92.8 Å². The number of aromatic hydroxyl groups is 1. The van der Waals surface area contributed by atoms with Crippen LogP contribution in [0.15, 0.2) is 11.0 Å². The number of hydrogen-bond donors (Lipinski definition) is 2. The molecule has 2 N–H and O–H groups in total. The first-order chi connectivity index (χ1) is 7.77. The molecule has 0 aromatic carbocycles. The molecule has 90 valence electrons. The summed E-state index contributed by atoms with van der Waals surface area (Å²) in [5.74, 6) is -0.0711. The van der Waals surface area contributed by atoms with Crippen molar-refractivity contribution in [3.63, 3.8) is 0 Å². The fourth-order valence-electron chi connectivity index (χ4n) is 1.72. The summed E-state index contributed by atoms with van der Waals surface area (Å²) in [5, 5.41) is 9.31. The normalized spacial score (nSPS) is 21.1. The Morgan fingerprint density at radius 2 is 2.50 bits per heavy atom. The number of aromatic amines is 1. The van der Waals surface area contributed by atoms with Gasteiger partial charge in [-0.3, -0.25) is 4.57 Å². The van der Waals surface area contributed by atoms with Crippen molar-refractivity contribution in [2.45, 2.75) is 32.1 Å². The van der Waals surface area contributed by atoms with Gasteiger partial charge >= 0.3 is 5.69 Å². The Kier molecular flexibility index (Phi) is 3.63. The summed E-state index contributed by atoms with van der Waals surface area (Å²) in [6, 6.07) is 0. The number of H-pyrrole nitrogens is 1. The van der Waals surface area contributed by atoms with E-state index in [0.29, 0.717) is 13.2 Å². The number of aromatic nitrogens is 2. The van der Waals surface area contributed by atoms with E-state index in [-0.39, 0.29) is 17.9 Å². The highest BCUT2D eigenvalue weighted by atomic mass is 16.7. The Balaban J connectivity index is 1.77. The quantitative estimate of drug-likeness (QED) is 0.783. The molecule has 0 spiro atoms. The van der Waals surface area contributed by atoms with E-state index in [4.69, 9.17) is 9.47 Å². The van der Waals surface area contributed by atoms with E-state index in [1.165, 1.54) is 10.8 Å². The number of rotatable bonds is 4. The van der Waals surface area contributed by atoms with Gasteiger partial charge in [-0.25, -0.2) is 4.79 Å². The zero-order valence-electron chi connectivity index (χ0n) is 9.02. The first-order valence-corrected chi connectivity index (χ1v) is 5.48. The second kappa shape index (κ2) is 5.18. The highest BCUT2D eigenvalue weighted by molar-refractivity contribution is 5.02. The van der Waals surface area contributed by atoms with E-state index < -0.39 is 0 Å². The Morgan fingerprint density at radius 3 is 3.12 bits per heavy atom. The largest absolute Gasteiger partial charge is 0.493 e. The molecule has 0 aliphatic carbocycles. The summed E-state index contributed by atoms with van der Waals surface area (Å²) in [6.07, 6.45) is 4.19. The highest BCUT2D eigenvalue weighted by Gasteiger charge is 2.14. The van der Waals surface area contributed by atoms with Crippen LogP contribution in [0.3, 0.4) is 0 Å². The van der Waals surface area contributed by atoms with Crippen LogP contribution in [0.1, 0.15) is 19.3 Å². The van der Waals surface area contributed by atoms with E-state index in [2.05, 4.69) is 4.98 Å². The molecule has 0 saturated carbocycles. The molecule has 0 amide bonds. The second-order valence-electron chi connectivity index (χ2n) is 3.77. The van der Waals surface area contributed by atoms with E-state index >= 15 is 0 Å². The molecule has 1 atom stereocenters. The lowest BCUT2D eigenvalue weighted by molar-refractivity contribution is -0.163. The third-order valence-electron chi connectivity index (χ3n) is 2.60. The monoisotopic (exact) mass is 228 g/mol. The van der Waals surface area contributed by atoms with Gasteiger partial charge in [-0.15, -0.1) is 0 Å². The fraction of sp³-hybridized carbons (Fsp3) is 0.700. The number of nitrogens with one attached hydrogen (secondary N) is 1. The number of nitrogens with zero attached hydrogens (tertiary/aromatic N) is 1. The fourth-order valence-corrected chi connectivity index (χ4v) is 1.72. The van der Waals surface area contributed by atoms with Crippen molar-refractivity contribution in [1.82, 2.24) is 9.55 Å². The third kappa shape index (κ3) is 2.65. The molecule has 6 nitrogen and oxygen atoms in total. The average molecular weight is 228 g/mol. The molecule has 1 saturated heterocycles. The van der Waals surface area contributed by atoms with Crippen molar-refractivity contribution in [1.29, 1.82) is 0 Å². The smallest absolute Gasteiger partial charge is 0.328 e. The predicted molar refractivity (Wildman–Crippen MR) is 56.3 cm³/mol. The molecule has 1 aliphatic rings. The average Bonchev–Trinajstić information content (AvgIpc) is 2.62. The molecule has 2 heterocycles. The lowest BCUT2D eigenvalue weighted by atomic mass is 10.2. The molecule has 0 bridgehead atoms. The predicted octanol–water partition coefficient (Wildman–Crippen LogP) is 0.425. The van der Waals surface area contributed by atoms with Gasteiger partial charge in [0.15, 0.2) is 6.29 Å². The van der Waals surface area contributed by atoms with E-state index in [0.717, 1.165) is 25.9 Å². The van der Waals surface area contributed by atoms with Gasteiger partial charge < -0.3 is 19.6 Å². The molecular formula is C10H16N2O4. The van der Waals surface area contributed by atoms with Crippen LogP contribution in [0.25, 0.3) is 0 Å². The maximum absolute atomic E-state index is 11.2. The van der Waals surface area contributed by atoms with Crippen molar-refractivity contribution in [2.24, 2.45) is 0 Å². The summed E-state index contributed by atoms with van der Waals surface area (Å²) >= 11 is 0. The van der Waals surface area contributed by atoms with Crippen molar-refractivity contribution >= 4 is 0 Å². The maximum Gasteiger partial charge on any atom is 0.328 e. The van der Waals surface area contributed by atoms with Crippen LogP contribution in [0.4, 0.5) is 0 Å². The number of hydrogen-bond acceptors (Lipinski definition) is 4. The summed E-state index contributed by atoms with van der Waals surface area (Å²) in [5.41, 5.74) is -0.328. The van der Waals surface area contributed by atoms with E-state index in [1.807, 2.05) is 0 Å². The van der Waals surface area contributed by atoms with Crippen LogP contribution < -0.4 is 5.69 Å². The minimum Gasteiger partial charge on any atom is -0.493 e. The van der Waals surface area contributed by atoms with Gasteiger partial charge in [0.2, 0.25) is 5.88 Å². The van der Waals surface area contributed by atoms with Crippen molar-refractivity contribution in [3.05, 3.63) is 16.7 Å². The molecule has 0 radical (unpaired) electrons. The lowest BCUT2D eigenvalue weighted by Crippen LogP contribution is -2.26. The summed E-state index contributed by atoms with van der Waals surface area (Å²) < 4.78 is 12.1. The molecule has 1 aliphatic heterocycles. The second-order valence-corrected chi connectivity index (χ2v) is 3.77. The van der Waals surface area contributed by atoms with Crippen LogP contribution in [-0.4, -0.2) is 34.2 Å². The van der Waals surface area contributed by atoms with Gasteiger partial charge in [-0.05, 0) is 19.3 Å². The number of imidazole rings is 1. The Bertz CT molecular complexity index is 378. The summed E-state index contributed by atoms with van der Waals surface area (Å²) in [6.45, 7) is 1.42. The minimum atomic E-state index is -0.328. The third-order valence-corrected chi connectivity index (χ3v) is 2.60. The van der Waals surface area contributed by atoms with Crippen molar-refractivity contribution in [2.75, 3.05) is 13.2 Å². The molecule has 6 heteroatoms. The van der Waals surface area contributed by atoms with Gasteiger partial charge in [0.1, 0.15) is 0 Å². The lowest BCUT2D eigenvalue weighted by Gasteiger charge is -2.22. The van der Waals surface area contributed by atoms with Crippen LogP contribution >= 0.6 is 0 Å². The van der Waals surface area contributed by atoms with Gasteiger partial charge in [0, 0.05) is 6.61 Å². The molecule has 1 aromatic rings. The highest BCUT2D eigenvalue weighted by Crippen LogP contribution is 2.13. The van der Waals surface area contributed by atoms with Gasteiger partial charge in [-0.1, -0.05) is 0 Å². The minimum absolute atomic E-state index is 0.0711. The molecule has 1 aromatic heterocycles. The van der Waals surface area contributed by atoms with Crippen molar-refractivity contribution < 1.29 is 14.6 Å². The summed E-state index contributed by atoms with van der Waals surface area (Å²) in [4.78, 5) is 13.6. The van der Waals surface area contributed by atoms with Gasteiger partial charge in [-0.2, -0.15) is 0 Å². The molecule has 16 heavy (non-hydrogen) atoms. The first kappa shape index (κ1) is 11.2. The number of ether oxygens (including phenoxy) is 2. The molecule has 1 fully saturated rings. The van der Waals surface area contributed by atoms with Crippen molar-refractivity contribution in [3.8, 4) is 5.88 Å². The SMILES string of the molecule is O=c1[nH]cc(O)n1CCOC1CCCCO1. The first-order valence-electron chi connectivity index (χ1n) is 5.48. The molecular weight excluding hydrogens is 212 g/mol. The van der Waals surface area contributed by atoms with Crippen LogP contribution in [0.2, 0.25) is 0 Å². The standard InChI is InChI=1S/C10H16N2O4/c13-8-7-11-10(14)12(8)4-6-16-9-3-1-2-5-15-9/h7,9,13H,1-6H2,(H,11,14). The van der Waals surface area contributed by atoms with Gasteiger partial charge in [0.05, 0.1) is 19.3 Å². The van der Waals surface area contributed by atoms with Gasteiger partial charge in [0.25, 0.3) is 0 Å². The van der Waals surface area contributed by atoms with E-state index in [9.17, 15) is 9.90 Å². The van der Waals surface area contributed by atoms with Crippen LogP contribution in [0.5, 0.6) is 5.88 Å². The Hall–Kier alpha value is -1.27. The molecule has 2 rings (SSSR count). The zero-order valence-corrected chi connectivity index (χ0v) is 9.02. The van der Waals surface area contributed by atoms with Crippen LogP contribution in [0, 0.1) is 0 Å². The van der Waals surface area contributed by atoms with E-state index in [1.54, 1.807) is 0 Å². The zero-order chi connectivity index (χ0) is 11.4. The Morgan fingerprint density at radius 1 is 1.62 bits per heavy atom. The maximum atomic E-state index is 11.2. The molecule has 1 unspecified atom stereocenters. The van der Waals surface area contributed by atoms with Crippen LogP contribution in [-0.2, 0) is 16.0 Å².